The van der Waals surface area contributed by atoms with Gasteiger partial charge in [0.1, 0.15) is 17.3 Å². The van der Waals surface area contributed by atoms with Crippen molar-refractivity contribution in [3.05, 3.63) is 59.4 Å². The lowest BCUT2D eigenvalue weighted by atomic mass is 9.99. The molecular weight excluding hydrogens is 319 g/mol. The number of aromatic nitrogens is 3. The minimum absolute atomic E-state index is 0.204. The molecule has 1 aromatic carbocycles. The van der Waals surface area contributed by atoms with Crippen molar-refractivity contribution in [1.29, 1.82) is 0 Å². The highest BCUT2D eigenvalue weighted by Gasteiger charge is 2.26. The zero-order chi connectivity index (χ0) is 17.4. The number of halogens is 1. The molecule has 0 saturated carbocycles. The Kier molecular flexibility index (Phi) is 3.95. The van der Waals surface area contributed by atoms with E-state index in [1.165, 1.54) is 12.1 Å². The predicted molar refractivity (Wildman–Crippen MR) is 93.0 cm³/mol. The molecule has 2 aromatic heterocycles. The van der Waals surface area contributed by atoms with Crippen LogP contribution in [0.4, 0.5) is 10.3 Å². The largest absolute Gasteiger partial charge is 0.466 e. The molecule has 0 aliphatic carbocycles. The summed E-state index contributed by atoms with van der Waals surface area (Å²) in [5, 5.41) is 8.32. The van der Waals surface area contributed by atoms with E-state index in [0.717, 1.165) is 47.9 Å². The minimum atomic E-state index is -0.204. The van der Waals surface area contributed by atoms with Crippen molar-refractivity contribution < 1.29 is 8.81 Å². The maximum Gasteiger partial charge on any atom is 0.245 e. The summed E-state index contributed by atoms with van der Waals surface area (Å²) >= 11 is 0. The molecule has 4 rings (SSSR count). The van der Waals surface area contributed by atoms with Gasteiger partial charge in [-0.15, -0.1) is 5.10 Å². The van der Waals surface area contributed by atoms with Crippen LogP contribution in [0, 0.1) is 19.7 Å². The average molecular weight is 338 g/mol. The van der Waals surface area contributed by atoms with Gasteiger partial charge in [-0.05, 0) is 44.0 Å². The van der Waals surface area contributed by atoms with Gasteiger partial charge in [0.25, 0.3) is 0 Å². The van der Waals surface area contributed by atoms with Crippen LogP contribution in [0.3, 0.4) is 0 Å². The van der Waals surface area contributed by atoms with Crippen LogP contribution in [-0.4, -0.2) is 28.3 Å². The van der Waals surface area contributed by atoms with E-state index >= 15 is 0 Å². The summed E-state index contributed by atoms with van der Waals surface area (Å²) < 4.78 is 18.7. The third-order valence-electron chi connectivity index (χ3n) is 4.68. The highest BCUT2D eigenvalue weighted by molar-refractivity contribution is 5.62. The molecular formula is C19H19FN4O. The van der Waals surface area contributed by atoms with Crippen molar-refractivity contribution in [3.63, 3.8) is 0 Å². The molecule has 0 bridgehead atoms. The SMILES string of the molecule is Cc1cc(-c2cnnc(N3CC[C@H](c4ccc(F)cc4)C3)n2)c(C)o1. The van der Waals surface area contributed by atoms with Gasteiger partial charge in [-0.25, -0.2) is 9.37 Å². The van der Waals surface area contributed by atoms with Gasteiger partial charge in [-0.2, -0.15) is 5.10 Å². The third kappa shape index (κ3) is 3.12. The van der Waals surface area contributed by atoms with E-state index in [-0.39, 0.29) is 5.82 Å². The lowest BCUT2D eigenvalue weighted by molar-refractivity contribution is 0.505. The highest BCUT2D eigenvalue weighted by atomic mass is 19.1. The van der Waals surface area contributed by atoms with Crippen LogP contribution in [0.5, 0.6) is 0 Å². The van der Waals surface area contributed by atoms with Gasteiger partial charge >= 0.3 is 0 Å². The number of rotatable bonds is 3. The number of aryl methyl sites for hydroxylation is 2. The van der Waals surface area contributed by atoms with Crippen LogP contribution >= 0.6 is 0 Å². The van der Waals surface area contributed by atoms with Gasteiger partial charge in [-0.1, -0.05) is 12.1 Å². The Morgan fingerprint density at radius 2 is 2.00 bits per heavy atom. The number of hydrogen-bond donors (Lipinski definition) is 0. The fourth-order valence-electron chi connectivity index (χ4n) is 3.39. The fourth-order valence-corrected chi connectivity index (χ4v) is 3.39. The van der Waals surface area contributed by atoms with E-state index in [4.69, 9.17) is 4.42 Å². The van der Waals surface area contributed by atoms with Crippen LogP contribution in [-0.2, 0) is 0 Å². The standard InChI is InChI=1S/C19H19FN4O/c1-12-9-17(13(2)25-12)18-10-21-23-19(22-18)24-8-7-15(11-24)14-3-5-16(20)6-4-14/h3-6,9-10,15H,7-8,11H2,1-2H3/t15-/m0/s1. The summed E-state index contributed by atoms with van der Waals surface area (Å²) in [6, 6.07) is 8.71. The second-order valence-electron chi connectivity index (χ2n) is 6.45. The molecule has 25 heavy (non-hydrogen) atoms. The summed E-state index contributed by atoms with van der Waals surface area (Å²) in [5.41, 5.74) is 2.86. The maximum atomic E-state index is 13.1. The molecule has 5 nitrogen and oxygen atoms in total. The Balaban J connectivity index is 1.56. The third-order valence-corrected chi connectivity index (χ3v) is 4.68. The second-order valence-corrected chi connectivity index (χ2v) is 6.45. The first kappa shape index (κ1) is 15.7. The molecule has 3 aromatic rings. The summed E-state index contributed by atoms with van der Waals surface area (Å²) in [6.45, 7) is 5.50. The smallest absolute Gasteiger partial charge is 0.245 e. The number of hydrogen-bond acceptors (Lipinski definition) is 5. The summed E-state index contributed by atoms with van der Waals surface area (Å²) in [7, 11) is 0. The molecule has 0 radical (unpaired) electrons. The summed E-state index contributed by atoms with van der Waals surface area (Å²) in [5.74, 6) is 2.45. The van der Waals surface area contributed by atoms with Crippen LogP contribution in [0.15, 0.2) is 40.9 Å². The quantitative estimate of drug-likeness (QED) is 0.725. The van der Waals surface area contributed by atoms with Crippen molar-refractivity contribution in [2.45, 2.75) is 26.2 Å². The molecule has 1 aliphatic rings. The van der Waals surface area contributed by atoms with Crippen LogP contribution in [0.25, 0.3) is 11.3 Å². The molecule has 128 valence electrons. The normalized spacial score (nSPS) is 17.2. The first-order valence-electron chi connectivity index (χ1n) is 8.37. The van der Waals surface area contributed by atoms with Gasteiger partial charge in [0.05, 0.1) is 11.9 Å². The van der Waals surface area contributed by atoms with E-state index in [2.05, 4.69) is 20.1 Å². The second kappa shape index (κ2) is 6.27. The number of anilines is 1. The Morgan fingerprint density at radius 1 is 1.20 bits per heavy atom. The van der Waals surface area contributed by atoms with Crippen molar-refractivity contribution in [3.8, 4) is 11.3 Å². The van der Waals surface area contributed by atoms with E-state index in [0.29, 0.717) is 11.9 Å². The lowest BCUT2D eigenvalue weighted by Gasteiger charge is -2.16. The predicted octanol–water partition coefficient (Wildman–Crippen LogP) is 3.88. The zero-order valence-corrected chi connectivity index (χ0v) is 14.2. The van der Waals surface area contributed by atoms with Crippen molar-refractivity contribution in [2.75, 3.05) is 18.0 Å². The zero-order valence-electron chi connectivity index (χ0n) is 14.2. The summed E-state index contributed by atoms with van der Waals surface area (Å²) in [6.07, 6.45) is 2.65. The van der Waals surface area contributed by atoms with E-state index in [1.54, 1.807) is 6.20 Å². The van der Waals surface area contributed by atoms with Crippen LogP contribution < -0.4 is 4.90 Å². The molecule has 0 amide bonds. The lowest BCUT2D eigenvalue weighted by Crippen LogP contribution is -2.22. The van der Waals surface area contributed by atoms with E-state index in [1.807, 2.05) is 32.0 Å². The molecule has 0 spiro atoms. The van der Waals surface area contributed by atoms with Crippen molar-refractivity contribution in [2.24, 2.45) is 0 Å². The Morgan fingerprint density at radius 3 is 2.72 bits per heavy atom. The molecule has 1 atom stereocenters. The van der Waals surface area contributed by atoms with Gasteiger partial charge in [0, 0.05) is 24.6 Å². The average Bonchev–Trinajstić information content (AvgIpc) is 3.22. The van der Waals surface area contributed by atoms with Gasteiger partial charge in [0.2, 0.25) is 5.95 Å². The highest BCUT2D eigenvalue weighted by Crippen LogP contribution is 2.30. The minimum Gasteiger partial charge on any atom is -0.466 e. The Bertz CT molecular complexity index is 891. The Labute approximate surface area is 145 Å². The molecule has 6 heteroatoms. The van der Waals surface area contributed by atoms with Crippen LogP contribution in [0.2, 0.25) is 0 Å². The molecule has 1 fully saturated rings. The fraction of sp³-hybridized carbons (Fsp3) is 0.316. The summed E-state index contributed by atoms with van der Waals surface area (Å²) in [4.78, 5) is 6.81. The molecule has 1 saturated heterocycles. The van der Waals surface area contributed by atoms with E-state index in [9.17, 15) is 4.39 Å². The number of benzene rings is 1. The molecule has 3 heterocycles. The number of furan rings is 1. The van der Waals surface area contributed by atoms with Crippen molar-refractivity contribution in [1.82, 2.24) is 15.2 Å². The molecule has 0 unspecified atom stereocenters. The Hall–Kier alpha value is -2.76. The topological polar surface area (TPSA) is 55.1 Å². The maximum absolute atomic E-state index is 13.1. The van der Waals surface area contributed by atoms with Gasteiger partial charge in [0.15, 0.2) is 0 Å². The van der Waals surface area contributed by atoms with Crippen molar-refractivity contribution >= 4 is 5.95 Å². The monoisotopic (exact) mass is 338 g/mol. The van der Waals surface area contributed by atoms with Crippen LogP contribution in [0.1, 0.15) is 29.4 Å². The van der Waals surface area contributed by atoms with Gasteiger partial charge < -0.3 is 9.32 Å². The molecule has 1 aliphatic heterocycles. The van der Waals surface area contributed by atoms with Gasteiger partial charge in [-0.3, -0.25) is 0 Å². The van der Waals surface area contributed by atoms with E-state index < -0.39 is 0 Å². The molecule has 0 N–H and O–H groups in total. The number of nitrogens with zero attached hydrogens (tertiary/aromatic N) is 4. The first-order valence-corrected chi connectivity index (χ1v) is 8.37. The first-order chi connectivity index (χ1) is 12.1.